The summed E-state index contributed by atoms with van der Waals surface area (Å²) in [4.78, 5) is 18.7. The third-order valence-electron chi connectivity index (χ3n) is 6.20. The molecule has 0 aromatic heterocycles. The Hall–Kier alpha value is -3.17. The number of rotatable bonds is 5. The molecule has 0 saturated carbocycles. The molecule has 0 bridgehead atoms. The van der Waals surface area contributed by atoms with E-state index in [4.69, 9.17) is 0 Å². The Morgan fingerprint density at radius 1 is 0.850 bits per heavy atom. The third-order valence-corrected chi connectivity index (χ3v) is 7.31. The number of amides is 1. The number of fused-ring (bicyclic) bond motifs is 2. The molecule has 4 rings (SSSR count). The van der Waals surface area contributed by atoms with Crippen molar-refractivity contribution in [2.45, 2.75) is 13.8 Å². The Labute approximate surface area is 233 Å². The number of carbonyl (C=O) groups is 1. The van der Waals surface area contributed by atoms with Crippen molar-refractivity contribution in [3.63, 3.8) is 0 Å². The van der Waals surface area contributed by atoms with Gasteiger partial charge in [0, 0.05) is 71.1 Å². The number of hydrogen-bond donors (Lipinski definition) is 0. The van der Waals surface area contributed by atoms with Crippen LogP contribution in [0.5, 0.6) is 0 Å². The van der Waals surface area contributed by atoms with Crippen molar-refractivity contribution in [2.75, 3.05) is 46.2 Å². The summed E-state index contributed by atoms with van der Waals surface area (Å²) in [7, 11) is -2.40. The van der Waals surface area contributed by atoms with Crippen LogP contribution in [-0.2, 0) is 0 Å². The van der Waals surface area contributed by atoms with Gasteiger partial charge in [-0.3, -0.25) is 4.79 Å². The SMILES string of the molecule is CCN(CC)C(=O)c1ccccc1-c1c2ccc(=[N+](C)C)cc-2sc2cc(N(C)C)ccc12.F[P-](F)(F)(F)(F)F. The molecule has 0 radical (unpaired) electrons. The van der Waals surface area contributed by atoms with E-state index in [0.717, 1.165) is 16.7 Å². The second kappa shape index (κ2) is 10.7. The van der Waals surface area contributed by atoms with E-state index in [0.29, 0.717) is 13.1 Å². The van der Waals surface area contributed by atoms with Crippen molar-refractivity contribution in [2.24, 2.45) is 0 Å². The summed E-state index contributed by atoms with van der Waals surface area (Å²) in [5.41, 5.74) is 5.22. The Balaban J connectivity index is 0.000000559. The molecule has 1 amide bonds. The molecule has 0 atom stereocenters. The van der Waals surface area contributed by atoms with E-state index < -0.39 is 7.81 Å². The van der Waals surface area contributed by atoms with Crippen molar-refractivity contribution in [3.8, 4) is 21.6 Å². The van der Waals surface area contributed by atoms with Gasteiger partial charge in [-0.05, 0) is 49.2 Å². The molecule has 0 fully saturated rings. The van der Waals surface area contributed by atoms with Crippen LogP contribution in [0.1, 0.15) is 24.2 Å². The van der Waals surface area contributed by atoms with Gasteiger partial charge in [-0.1, -0.05) is 24.3 Å². The summed E-state index contributed by atoms with van der Waals surface area (Å²) >= 11 is 1.80. The summed E-state index contributed by atoms with van der Waals surface area (Å²) in [5.74, 6) is 0.0826. The number of anilines is 1. The van der Waals surface area contributed by atoms with Gasteiger partial charge < -0.3 is 9.80 Å². The van der Waals surface area contributed by atoms with Crippen LogP contribution in [-0.4, -0.2) is 52.1 Å². The molecule has 2 aliphatic rings. The third kappa shape index (κ3) is 8.17. The van der Waals surface area contributed by atoms with Gasteiger partial charge in [0.15, 0.2) is 0 Å². The molecular weight excluding hydrogens is 571 g/mol. The molecule has 0 N–H and O–H groups in total. The zero-order valence-electron chi connectivity index (χ0n) is 23.1. The fourth-order valence-electron chi connectivity index (χ4n) is 4.28. The normalized spacial score (nSPS) is 13.2. The molecular formula is C28H32F6N3OPS. The number of benzene rings is 3. The maximum atomic E-state index is 13.5. The van der Waals surface area contributed by atoms with Crippen LogP contribution in [0, 0.1) is 0 Å². The first-order chi connectivity index (χ1) is 18.3. The summed E-state index contributed by atoms with van der Waals surface area (Å²) in [6.45, 7) is 5.45. The van der Waals surface area contributed by atoms with Gasteiger partial charge in [0.2, 0.25) is 5.36 Å². The van der Waals surface area contributed by atoms with Gasteiger partial charge in [-0.2, -0.15) is 0 Å². The standard InChI is InChI=1S/C28H32N3OS.F6P/c1-7-31(8-2)28(32)22-12-10-9-11-21(22)27-23-15-13-19(29(3)4)17-25(23)33-26-18-20(30(5)6)14-16-24(26)27;1-7(2,3,4,5)6/h9-18H,7-8H2,1-6H3;/q+1;-1. The number of nitrogens with zero attached hydrogens (tertiary/aromatic N) is 3. The molecule has 2 aromatic rings. The first-order valence-electron chi connectivity index (χ1n) is 12.4. The zero-order chi connectivity index (χ0) is 30.1. The number of halogens is 6. The van der Waals surface area contributed by atoms with Gasteiger partial charge in [-0.25, -0.2) is 4.58 Å². The van der Waals surface area contributed by atoms with E-state index in [1.54, 1.807) is 11.3 Å². The summed E-state index contributed by atoms with van der Waals surface area (Å²) < 4.78 is 62.5. The summed E-state index contributed by atoms with van der Waals surface area (Å²) in [5, 5.41) is 2.34. The van der Waals surface area contributed by atoms with Gasteiger partial charge in [0.05, 0.1) is 0 Å². The minimum absolute atomic E-state index is 0.0826. The molecule has 0 unspecified atom stereocenters. The van der Waals surface area contributed by atoms with E-state index >= 15 is 0 Å². The maximum absolute atomic E-state index is 13.5. The predicted molar refractivity (Wildman–Crippen MR) is 156 cm³/mol. The van der Waals surface area contributed by atoms with Crippen LogP contribution in [0.2, 0.25) is 0 Å². The fourth-order valence-corrected chi connectivity index (χ4v) is 5.44. The second-order valence-electron chi connectivity index (χ2n) is 9.61. The van der Waals surface area contributed by atoms with Crippen LogP contribution in [0.25, 0.3) is 31.7 Å². The molecule has 1 aliphatic heterocycles. The van der Waals surface area contributed by atoms with E-state index in [1.165, 1.54) is 31.6 Å². The van der Waals surface area contributed by atoms with Gasteiger partial charge >= 0.3 is 33.0 Å². The molecule has 4 nitrogen and oxygen atoms in total. The Morgan fingerprint density at radius 3 is 2.00 bits per heavy atom. The summed E-state index contributed by atoms with van der Waals surface area (Å²) in [6.07, 6.45) is 0. The van der Waals surface area contributed by atoms with Crippen molar-refractivity contribution >= 4 is 40.8 Å². The molecule has 218 valence electrons. The van der Waals surface area contributed by atoms with Crippen molar-refractivity contribution in [1.29, 1.82) is 0 Å². The molecule has 0 spiro atoms. The zero-order valence-corrected chi connectivity index (χ0v) is 24.8. The number of carbonyl (C=O) groups excluding carboxylic acids is 1. The first kappa shape index (κ1) is 31.4. The Bertz CT molecular complexity index is 1580. The first-order valence-corrected chi connectivity index (χ1v) is 15.3. The molecule has 12 heteroatoms. The van der Waals surface area contributed by atoms with Gasteiger partial charge in [0.25, 0.3) is 5.91 Å². The second-order valence-corrected chi connectivity index (χ2v) is 12.6. The predicted octanol–water partition coefficient (Wildman–Crippen LogP) is 8.64. The van der Waals surface area contributed by atoms with Crippen molar-refractivity contribution in [1.82, 2.24) is 9.48 Å². The van der Waals surface area contributed by atoms with Crippen LogP contribution in [0.4, 0.5) is 30.9 Å². The van der Waals surface area contributed by atoms with E-state index in [2.05, 4.69) is 80.1 Å². The minimum atomic E-state index is -10.7. The Kier molecular flexibility index (Phi) is 8.36. The van der Waals surface area contributed by atoms with Crippen LogP contribution < -0.4 is 14.8 Å². The summed E-state index contributed by atoms with van der Waals surface area (Å²) in [6, 6.07) is 21.3. The van der Waals surface area contributed by atoms with Gasteiger partial charge in [-0.15, -0.1) is 11.3 Å². The average Bonchev–Trinajstić information content (AvgIpc) is 2.85. The molecule has 2 aromatic carbocycles. The fraction of sp³-hybridized carbons (Fsp3) is 0.286. The van der Waals surface area contributed by atoms with Crippen molar-refractivity contribution < 1.29 is 30.0 Å². The van der Waals surface area contributed by atoms with E-state index in [1.807, 2.05) is 36.9 Å². The molecule has 0 saturated heterocycles. The van der Waals surface area contributed by atoms with E-state index in [9.17, 15) is 30.0 Å². The van der Waals surface area contributed by atoms with Crippen LogP contribution >= 0.6 is 19.1 Å². The van der Waals surface area contributed by atoms with E-state index in [-0.39, 0.29) is 5.91 Å². The molecule has 1 heterocycles. The van der Waals surface area contributed by atoms with Crippen LogP contribution in [0.15, 0.2) is 60.7 Å². The topological polar surface area (TPSA) is 26.6 Å². The van der Waals surface area contributed by atoms with Crippen LogP contribution in [0.3, 0.4) is 0 Å². The van der Waals surface area contributed by atoms with Gasteiger partial charge in [0.1, 0.15) is 14.1 Å². The molecule has 1 aliphatic carbocycles. The van der Waals surface area contributed by atoms with Crippen molar-refractivity contribution in [3.05, 3.63) is 71.6 Å². The number of hydrogen-bond acceptors (Lipinski definition) is 3. The monoisotopic (exact) mass is 603 g/mol. The quantitative estimate of drug-likeness (QED) is 0.0988. The Morgan fingerprint density at radius 2 is 1.45 bits per heavy atom. The molecule has 40 heavy (non-hydrogen) atoms. The average molecular weight is 604 g/mol.